The molecule has 0 bridgehead atoms. The molecule has 1 aromatic carbocycles. The first-order valence-electron chi connectivity index (χ1n) is 8.40. The number of benzene rings is 1. The van der Waals surface area contributed by atoms with E-state index in [0.717, 1.165) is 34.3 Å². The molecule has 0 unspecified atom stereocenters. The molecule has 0 radical (unpaired) electrons. The number of aromatic amines is 1. The lowest BCUT2D eigenvalue weighted by atomic mass is 10.0. The smallest absolute Gasteiger partial charge is 0.410 e. The second kappa shape index (κ2) is 5.22. The highest BCUT2D eigenvalue weighted by atomic mass is 79.9. The van der Waals surface area contributed by atoms with Gasteiger partial charge in [0, 0.05) is 11.0 Å². The molecule has 1 saturated carbocycles. The third-order valence-electron chi connectivity index (χ3n) is 4.87. The molecule has 1 atom stereocenters. The zero-order chi connectivity index (χ0) is 17.1. The Kier molecular flexibility index (Phi) is 3.46. The molecule has 24 heavy (non-hydrogen) atoms. The van der Waals surface area contributed by atoms with Crippen molar-refractivity contribution in [2.45, 2.75) is 51.7 Å². The first kappa shape index (κ1) is 15.9. The highest BCUT2D eigenvalue weighted by molar-refractivity contribution is 9.10. The highest BCUT2D eigenvalue weighted by Crippen LogP contribution is 2.58. The fourth-order valence-corrected chi connectivity index (χ4v) is 3.87. The van der Waals surface area contributed by atoms with E-state index in [9.17, 15) is 4.79 Å². The van der Waals surface area contributed by atoms with Gasteiger partial charge in [-0.2, -0.15) is 0 Å². The van der Waals surface area contributed by atoms with Crippen molar-refractivity contribution in [3.05, 3.63) is 28.5 Å². The number of carbonyl (C=O) groups is 1. The van der Waals surface area contributed by atoms with Gasteiger partial charge in [0.15, 0.2) is 0 Å². The molecule has 5 nitrogen and oxygen atoms in total. The van der Waals surface area contributed by atoms with E-state index in [0.29, 0.717) is 0 Å². The Morgan fingerprint density at radius 1 is 1.42 bits per heavy atom. The van der Waals surface area contributed by atoms with Crippen molar-refractivity contribution in [2.75, 3.05) is 6.54 Å². The van der Waals surface area contributed by atoms with Gasteiger partial charge < -0.3 is 9.72 Å². The van der Waals surface area contributed by atoms with Crippen molar-refractivity contribution < 1.29 is 9.53 Å². The van der Waals surface area contributed by atoms with Crippen LogP contribution in [0.2, 0.25) is 0 Å². The zero-order valence-electron chi connectivity index (χ0n) is 14.2. The van der Waals surface area contributed by atoms with Crippen molar-refractivity contribution >= 4 is 33.1 Å². The van der Waals surface area contributed by atoms with E-state index in [2.05, 4.69) is 20.9 Å². The molecule has 128 valence electrons. The second-order valence-electron chi connectivity index (χ2n) is 8.11. The van der Waals surface area contributed by atoms with E-state index in [1.807, 2.05) is 43.9 Å². The number of nitrogens with one attached hydrogen (secondary N) is 1. The lowest BCUT2D eigenvalue weighted by Crippen LogP contribution is -2.37. The molecule has 1 spiro atoms. The van der Waals surface area contributed by atoms with Crippen LogP contribution >= 0.6 is 15.9 Å². The Bertz CT molecular complexity index is 804. The normalized spacial score (nSPS) is 22.3. The van der Waals surface area contributed by atoms with Crippen LogP contribution in [0.4, 0.5) is 4.79 Å². The van der Waals surface area contributed by atoms with E-state index in [4.69, 9.17) is 9.72 Å². The molecule has 6 heteroatoms. The molecule has 2 aliphatic rings. The maximum Gasteiger partial charge on any atom is 0.410 e. The van der Waals surface area contributed by atoms with E-state index >= 15 is 0 Å². The first-order chi connectivity index (χ1) is 11.2. The van der Waals surface area contributed by atoms with Gasteiger partial charge in [-0.3, -0.25) is 4.90 Å². The van der Waals surface area contributed by atoms with Gasteiger partial charge in [0.2, 0.25) is 0 Å². The molecule has 1 aliphatic heterocycles. The van der Waals surface area contributed by atoms with Gasteiger partial charge in [-0.25, -0.2) is 9.78 Å². The minimum Gasteiger partial charge on any atom is -0.444 e. The largest absolute Gasteiger partial charge is 0.444 e. The minimum atomic E-state index is -0.486. The van der Waals surface area contributed by atoms with Crippen LogP contribution in [0, 0.1) is 5.41 Å². The first-order valence-corrected chi connectivity index (χ1v) is 9.19. The maximum absolute atomic E-state index is 12.7. The molecular weight excluding hydrogens is 370 g/mol. The predicted octanol–water partition coefficient (Wildman–Crippen LogP) is 4.79. The molecule has 2 heterocycles. The average molecular weight is 392 g/mol. The number of H-pyrrole nitrogens is 1. The monoisotopic (exact) mass is 391 g/mol. The van der Waals surface area contributed by atoms with Crippen LogP contribution in [0.3, 0.4) is 0 Å². The highest BCUT2D eigenvalue weighted by Gasteiger charge is 2.55. The van der Waals surface area contributed by atoms with Crippen molar-refractivity contribution in [3.63, 3.8) is 0 Å². The summed E-state index contributed by atoms with van der Waals surface area (Å²) in [5, 5.41) is 0. The lowest BCUT2D eigenvalue weighted by Gasteiger charge is -2.27. The van der Waals surface area contributed by atoms with Crippen LogP contribution < -0.4 is 0 Å². The number of imidazole rings is 1. The Morgan fingerprint density at radius 3 is 2.83 bits per heavy atom. The van der Waals surface area contributed by atoms with Gasteiger partial charge in [0.05, 0.1) is 17.1 Å². The van der Waals surface area contributed by atoms with Gasteiger partial charge in [-0.15, -0.1) is 0 Å². The standard InChI is InChI=1S/C18H22BrN3O2/c1-17(2,3)24-16(23)22-10-18(6-7-18)9-14(22)15-20-12-5-4-11(19)8-13(12)21-15/h4-5,8,14H,6-7,9-10H2,1-3H3,(H,20,21)/t14-/m0/s1. The Balaban J connectivity index is 1.66. The molecule has 2 fully saturated rings. The molecule has 1 amide bonds. The summed E-state index contributed by atoms with van der Waals surface area (Å²) in [6, 6.07) is 5.95. The number of likely N-dealkylation sites (tertiary alicyclic amines) is 1. The molecule has 1 N–H and O–H groups in total. The number of carbonyl (C=O) groups excluding carboxylic acids is 1. The van der Waals surface area contributed by atoms with Crippen molar-refractivity contribution in [1.29, 1.82) is 0 Å². The molecule has 1 aliphatic carbocycles. The molecule has 4 rings (SSSR count). The van der Waals surface area contributed by atoms with E-state index in [1.165, 1.54) is 12.8 Å². The molecular formula is C18H22BrN3O2. The van der Waals surface area contributed by atoms with E-state index in [1.54, 1.807) is 0 Å². The lowest BCUT2D eigenvalue weighted by molar-refractivity contribution is 0.0212. The number of halogens is 1. The van der Waals surface area contributed by atoms with Gasteiger partial charge in [0.25, 0.3) is 0 Å². The van der Waals surface area contributed by atoms with Crippen LogP contribution in [-0.2, 0) is 4.74 Å². The van der Waals surface area contributed by atoms with Gasteiger partial charge >= 0.3 is 6.09 Å². The van der Waals surface area contributed by atoms with E-state index < -0.39 is 5.60 Å². The molecule has 2 aromatic rings. The Hall–Kier alpha value is -1.56. The number of ether oxygens (including phenoxy) is 1. The number of nitrogens with zero attached hydrogens (tertiary/aromatic N) is 2. The maximum atomic E-state index is 12.7. The summed E-state index contributed by atoms with van der Waals surface area (Å²) in [5.74, 6) is 0.859. The quantitative estimate of drug-likeness (QED) is 0.759. The number of hydrogen-bond acceptors (Lipinski definition) is 3. The number of fused-ring (bicyclic) bond motifs is 1. The van der Waals surface area contributed by atoms with Crippen LogP contribution in [-0.4, -0.2) is 33.1 Å². The summed E-state index contributed by atoms with van der Waals surface area (Å²) in [6.07, 6.45) is 3.11. The van der Waals surface area contributed by atoms with Crippen molar-refractivity contribution in [1.82, 2.24) is 14.9 Å². The number of rotatable bonds is 1. The van der Waals surface area contributed by atoms with Gasteiger partial charge in [-0.05, 0) is 63.6 Å². The third kappa shape index (κ3) is 2.92. The fraction of sp³-hybridized carbons (Fsp3) is 0.556. The predicted molar refractivity (Wildman–Crippen MR) is 95.8 cm³/mol. The van der Waals surface area contributed by atoms with Crippen LogP contribution in [0.15, 0.2) is 22.7 Å². The van der Waals surface area contributed by atoms with Crippen molar-refractivity contribution in [2.24, 2.45) is 5.41 Å². The van der Waals surface area contributed by atoms with Gasteiger partial charge in [0.1, 0.15) is 11.4 Å². The average Bonchev–Trinajstić information content (AvgIpc) is 2.92. The van der Waals surface area contributed by atoms with Crippen LogP contribution in [0.1, 0.15) is 51.9 Å². The van der Waals surface area contributed by atoms with Crippen molar-refractivity contribution in [3.8, 4) is 0 Å². The molecule has 1 saturated heterocycles. The number of hydrogen-bond donors (Lipinski definition) is 1. The Labute approximate surface area is 149 Å². The number of amides is 1. The summed E-state index contributed by atoms with van der Waals surface area (Å²) in [6.45, 7) is 6.48. The van der Waals surface area contributed by atoms with Crippen LogP contribution in [0.25, 0.3) is 11.0 Å². The third-order valence-corrected chi connectivity index (χ3v) is 5.36. The van der Waals surface area contributed by atoms with Crippen LogP contribution in [0.5, 0.6) is 0 Å². The zero-order valence-corrected chi connectivity index (χ0v) is 15.8. The van der Waals surface area contributed by atoms with Gasteiger partial charge in [-0.1, -0.05) is 15.9 Å². The second-order valence-corrected chi connectivity index (χ2v) is 9.03. The summed E-state index contributed by atoms with van der Waals surface area (Å²) < 4.78 is 6.64. The topological polar surface area (TPSA) is 58.2 Å². The summed E-state index contributed by atoms with van der Waals surface area (Å²) in [4.78, 5) is 22.7. The number of aromatic nitrogens is 2. The fourth-order valence-electron chi connectivity index (χ4n) is 3.51. The molecule has 1 aromatic heterocycles. The minimum absolute atomic E-state index is 0.0338. The summed E-state index contributed by atoms with van der Waals surface area (Å²) >= 11 is 3.49. The SMILES string of the molecule is CC(C)(C)OC(=O)N1CC2(CC2)C[C@H]1c1nc2ccc(Br)cc2[nH]1. The Morgan fingerprint density at radius 2 is 2.17 bits per heavy atom. The van der Waals surface area contributed by atoms with E-state index in [-0.39, 0.29) is 17.6 Å². The summed E-state index contributed by atoms with van der Waals surface area (Å²) in [7, 11) is 0. The summed E-state index contributed by atoms with van der Waals surface area (Å²) in [5.41, 5.74) is 1.70.